The molecule has 0 bridgehead atoms. The Morgan fingerprint density at radius 1 is 1.37 bits per heavy atom. The van der Waals surface area contributed by atoms with Gasteiger partial charge in [-0.3, -0.25) is 9.59 Å². The summed E-state index contributed by atoms with van der Waals surface area (Å²) < 4.78 is 4.60. The van der Waals surface area contributed by atoms with Crippen molar-refractivity contribution in [3.63, 3.8) is 0 Å². The molecule has 0 aliphatic carbocycles. The highest BCUT2D eigenvalue weighted by atomic mass is 35.5. The second-order valence-electron chi connectivity index (χ2n) is 3.85. The number of hydrogen-bond acceptors (Lipinski definition) is 4. The number of methoxy groups -OCH3 is 1. The van der Waals surface area contributed by atoms with Crippen LogP contribution >= 0.6 is 23.4 Å². The molecule has 1 aromatic rings. The fourth-order valence-electron chi connectivity index (χ4n) is 1.50. The molecule has 0 saturated heterocycles. The molecule has 0 fully saturated rings. The maximum absolute atomic E-state index is 12.0. The quantitative estimate of drug-likeness (QED) is 0.756. The number of nitrogens with zero attached hydrogens (tertiary/aromatic N) is 1. The molecule has 0 unspecified atom stereocenters. The van der Waals surface area contributed by atoms with Crippen LogP contribution in [0.2, 0.25) is 5.02 Å². The first-order chi connectivity index (χ1) is 9.08. The summed E-state index contributed by atoms with van der Waals surface area (Å²) in [5, 5.41) is 0.578. The van der Waals surface area contributed by atoms with E-state index in [0.29, 0.717) is 17.3 Å². The number of esters is 1. The number of carbonyl (C=O) groups is 2. The second-order valence-corrected chi connectivity index (χ2v) is 5.12. The van der Waals surface area contributed by atoms with Gasteiger partial charge >= 0.3 is 5.97 Å². The third-order valence-electron chi connectivity index (χ3n) is 2.49. The van der Waals surface area contributed by atoms with E-state index in [0.717, 1.165) is 5.56 Å². The minimum atomic E-state index is -0.443. The highest BCUT2D eigenvalue weighted by Gasteiger charge is 2.18. The van der Waals surface area contributed by atoms with Gasteiger partial charge in [-0.15, -0.1) is 0 Å². The zero-order valence-electron chi connectivity index (χ0n) is 10.9. The Morgan fingerprint density at radius 2 is 2.05 bits per heavy atom. The van der Waals surface area contributed by atoms with E-state index in [1.807, 2.05) is 24.5 Å². The Bertz CT molecular complexity index is 453. The molecule has 6 heteroatoms. The summed E-state index contributed by atoms with van der Waals surface area (Å²) in [7, 11) is 1.30. The Balaban J connectivity index is 2.82. The summed E-state index contributed by atoms with van der Waals surface area (Å²) in [5.74, 6) is -0.235. The molecule has 0 saturated carbocycles. The fraction of sp³-hybridized carbons (Fsp3) is 0.385. The second kappa shape index (κ2) is 8.07. The molecular formula is C13H16ClNO3S. The van der Waals surface area contributed by atoms with E-state index in [-0.39, 0.29) is 12.5 Å². The van der Waals surface area contributed by atoms with Gasteiger partial charge < -0.3 is 9.64 Å². The van der Waals surface area contributed by atoms with Gasteiger partial charge in [-0.25, -0.2) is 0 Å². The van der Waals surface area contributed by atoms with Gasteiger partial charge in [0.15, 0.2) is 0 Å². The molecule has 4 nitrogen and oxygen atoms in total. The third kappa shape index (κ3) is 5.12. The lowest BCUT2D eigenvalue weighted by Crippen LogP contribution is -2.36. The lowest BCUT2D eigenvalue weighted by molar-refractivity contribution is -0.146. The van der Waals surface area contributed by atoms with Crippen LogP contribution in [0.5, 0.6) is 0 Å². The molecule has 19 heavy (non-hydrogen) atoms. The van der Waals surface area contributed by atoms with Crippen molar-refractivity contribution in [3.8, 4) is 0 Å². The highest BCUT2D eigenvalue weighted by molar-refractivity contribution is 7.99. The molecule has 0 aromatic heterocycles. The average Bonchev–Trinajstić information content (AvgIpc) is 2.40. The van der Waals surface area contributed by atoms with Crippen molar-refractivity contribution >= 4 is 35.2 Å². The van der Waals surface area contributed by atoms with Gasteiger partial charge in [0.05, 0.1) is 12.9 Å². The standard InChI is InChI=1S/C13H16ClNO3S/c1-18-13(17)8-15(12(16)9-19-2)7-10-5-3-4-6-11(10)14/h3-6H,7-9H2,1-2H3. The van der Waals surface area contributed by atoms with Crippen LogP contribution in [0, 0.1) is 0 Å². The molecule has 0 heterocycles. The number of ether oxygens (including phenoxy) is 1. The van der Waals surface area contributed by atoms with E-state index in [4.69, 9.17) is 11.6 Å². The maximum Gasteiger partial charge on any atom is 0.325 e. The molecule has 1 rings (SSSR count). The molecule has 0 radical (unpaired) electrons. The van der Waals surface area contributed by atoms with Crippen molar-refractivity contribution in [2.45, 2.75) is 6.54 Å². The monoisotopic (exact) mass is 301 g/mol. The van der Waals surface area contributed by atoms with Crippen LogP contribution in [0.25, 0.3) is 0 Å². The summed E-state index contributed by atoms with van der Waals surface area (Å²) >= 11 is 7.47. The normalized spacial score (nSPS) is 10.1. The van der Waals surface area contributed by atoms with E-state index in [1.165, 1.54) is 23.8 Å². The van der Waals surface area contributed by atoms with Crippen LogP contribution in [0.1, 0.15) is 5.56 Å². The van der Waals surface area contributed by atoms with Crippen LogP contribution < -0.4 is 0 Å². The number of benzene rings is 1. The van der Waals surface area contributed by atoms with Crippen molar-refractivity contribution in [3.05, 3.63) is 34.9 Å². The van der Waals surface area contributed by atoms with Gasteiger partial charge in [0.2, 0.25) is 5.91 Å². The fourth-order valence-corrected chi connectivity index (χ4v) is 2.12. The van der Waals surface area contributed by atoms with Crippen LogP contribution in [0.4, 0.5) is 0 Å². The molecular weight excluding hydrogens is 286 g/mol. The first kappa shape index (κ1) is 15.9. The average molecular weight is 302 g/mol. The first-order valence-corrected chi connectivity index (χ1v) is 7.42. The number of hydrogen-bond donors (Lipinski definition) is 0. The Labute approximate surface area is 122 Å². The smallest absolute Gasteiger partial charge is 0.325 e. The van der Waals surface area contributed by atoms with Crippen LogP contribution in [0.15, 0.2) is 24.3 Å². The lowest BCUT2D eigenvalue weighted by Gasteiger charge is -2.21. The van der Waals surface area contributed by atoms with E-state index < -0.39 is 5.97 Å². The van der Waals surface area contributed by atoms with E-state index in [2.05, 4.69) is 4.74 Å². The molecule has 0 spiro atoms. The SMILES string of the molecule is COC(=O)CN(Cc1ccccc1Cl)C(=O)CSC. The molecule has 0 aliphatic rings. The summed E-state index contributed by atoms with van der Waals surface area (Å²) in [4.78, 5) is 24.8. The number of carbonyl (C=O) groups excluding carboxylic acids is 2. The molecule has 1 amide bonds. The Kier molecular flexibility index (Phi) is 6.73. The molecule has 0 atom stereocenters. The van der Waals surface area contributed by atoms with Crippen LogP contribution in [-0.2, 0) is 20.9 Å². The number of rotatable bonds is 6. The first-order valence-electron chi connectivity index (χ1n) is 5.65. The predicted molar refractivity (Wildman–Crippen MR) is 77.3 cm³/mol. The van der Waals surface area contributed by atoms with Gasteiger partial charge in [-0.2, -0.15) is 11.8 Å². The topological polar surface area (TPSA) is 46.6 Å². The van der Waals surface area contributed by atoms with Crippen LogP contribution in [0.3, 0.4) is 0 Å². The molecule has 0 N–H and O–H groups in total. The van der Waals surface area contributed by atoms with E-state index in [1.54, 1.807) is 6.07 Å². The van der Waals surface area contributed by atoms with Crippen molar-refractivity contribution < 1.29 is 14.3 Å². The van der Waals surface area contributed by atoms with Gasteiger partial charge in [0.1, 0.15) is 6.54 Å². The van der Waals surface area contributed by atoms with Crippen molar-refractivity contribution in [1.82, 2.24) is 4.90 Å². The zero-order chi connectivity index (χ0) is 14.3. The van der Waals surface area contributed by atoms with Gasteiger partial charge in [-0.1, -0.05) is 29.8 Å². The van der Waals surface area contributed by atoms with Gasteiger partial charge in [0.25, 0.3) is 0 Å². The Hall–Kier alpha value is -1.20. The molecule has 1 aromatic carbocycles. The highest BCUT2D eigenvalue weighted by Crippen LogP contribution is 2.17. The van der Waals surface area contributed by atoms with Crippen molar-refractivity contribution in [1.29, 1.82) is 0 Å². The third-order valence-corrected chi connectivity index (χ3v) is 3.39. The zero-order valence-corrected chi connectivity index (χ0v) is 12.5. The maximum atomic E-state index is 12.0. The molecule has 0 aliphatic heterocycles. The van der Waals surface area contributed by atoms with E-state index >= 15 is 0 Å². The van der Waals surface area contributed by atoms with Crippen molar-refractivity contribution in [2.24, 2.45) is 0 Å². The van der Waals surface area contributed by atoms with Gasteiger partial charge in [0, 0.05) is 11.6 Å². The summed E-state index contributed by atoms with van der Waals surface area (Å²) in [5.41, 5.74) is 0.808. The lowest BCUT2D eigenvalue weighted by atomic mass is 10.2. The van der Waals surface area contributed by atoms with E-state index in [9.17, 15) is 9.59 Å². The van der Waals surface area contributed by atoms with Gasteiger partial charge in [-0.05, 0) is 17.9 Å². The predicted octanol–water partition coefficient (Wildman–Crippen LogP) is 2.20. The number of halogens is 1. The summed E-state index contributed by atoms with van der Waals surface area (Å²) in [6.45, 7) is 0.231. The Morgan fingerprint density at radius 3 is 2.63 bits per heavy atom. The minimum absolute atomic E-state index is 0.0683. The largest absolute Gasteiger partial charge is 0.468 e. The summed E-state index contributed by atoms with van der Waals surface area (Å²) in [6, 6.07) is 7.25. The minimum Gasteiger partial charge on any atom is -0.468 e. The van der Waals surface area contributed by atoms with Crippen molar-refractivity contribution in [2.75, 3.05) is 25.7 Å². The van der Waals surface area contributed by atoms with Crippen LogP contribution in [-0.4, -0.2) is 42.4 Å². The summed E-state index contributed by atoms with van der Waals surface area (Å²) in [6.07, 6.45) is 1.84. The number of amides is 1. The number of thioether (sulfide) groups is 1. The molecule has 104 valence electrons.